The fourth-order valence-corrected chi connectivity index (χ4v) is 2.76. The fourth-order valence-electron chi connectivity index (χ4n) is 2.17. The summed E-state index contributed by atoms with van der Waals surface area (Å²) in [6, 6.07) is 0.153. The molecular formula is C12H22N2O3S. The molecule has 1 fully saturated rings. The van der Waals surface area contributed by atoms with E-state index in [1.807, 2.05) is 13.2 Å². The molecule has 0 aromatic carbocycles. The number of carbonyl (C=O) groups excluding carboxylic acids is 1. The number of carboxylic acids is 1. The summed E-state index contributed by atoms with van der Waals surface area (Å²) in [7, 11) is 0. The Bertz CT molecular complexity index is 299. The maximum absolute atomic E-state index is 11.9. The summed E-state index contributed by atoms with van der Waals surface area (Å²) >= 11 is 1.71. The molecule has 1 aliphatic heterocycles. The summed E-state index contributed by atoms with van der Waals surface area (Å²) in [6.45, 7) is 3.42. The van der Waals surface area contributed by atoms with Crippen molar-refractivity contribution in [3.05, 3.63) is 0 Å². The van der Waals surface area contributed by atoms with Crippen LogP contribution in [-0.4, -0.2) is 53.1 Å². The maximum atomic E-state index is 11.9. The molecule has 1 rings (SSSR count). The van der Waals surface area contributed by atoms with Gasteiger partial charge in [0.15, 0.2) is 0 Å². The molecule has 2 atom stereocenters. The zero-order valence-corrected chi connectivity index (χ0v) is 11.8. The minimum Gasteiger partial charge on any atom is -0.481 e. The van der Waals surface area contributed by atoms with Crippen LogP contribution in [0, 0.1) is 5.92 Å². The van der Waals surface area contributed by atoms with Crippen LogP contribution >= 0.6 is 11.8 Å². The minimum atomic E-state index is -0.758. The van der Waals surface area contributed by atoms with Crippen molar-refractivity contribution < 1.29 is 14.7 Å². The number of hydrogen-bond donors (Lipinski definition) is 2. The number of rotatable bonds is 6. The third-order valence-electron chi connectivity index (χ3n) is 3.13. The van der Waals surface area contributed by atoms with E-state index in [4.69, 9.17) is 5.11 Å². The number of thioether (sulfide) groups is 1. The van der Waals surface area contributed by atoms with Crippen LogP contribution in [-0.2, 0) is 4.79 Å². The summed E-state index contributed by atoms with van der Waals surface area (Å²) in [5.41, 5.74) is 0. The van der Waals surface area contributed by atoms with Gasteiger partial charge in [-0.15, -0.1) is 0 Å². The summed E-state index contributed by atoms with van der Waals surface area (Å²) in [5.74, 6) is 0.483. The molecule has 2 amide bonds. The Morgan fingerprint density at radius 3 is 2.89 bits per heavy atom. The van der Waals surface area contributed by atoms with E-state index >= 15 is 0 Å². The zero-order valence-electron chi connectivity index (χ0n) is 11.0. The second-order valence-electron chi connectivity index (χ2n) is 4.84. The van der Waals surface area contributed by atoms with Crippen molar-refractivity contribution in [3.8, 4) is 0 Å². The number of hydrogen-bond acceptors (Lipinski definition) is 3. The molecule has 2 N–H and O–H groups in total. The van der Waals surface area contributed by atoms with Gasteiger partial charge in [0.1, 0.15) is 0 Å². The van der Waals surface area contributed by atoms with Gasteiger partial charge in [-0.25, -0.2) is 4.79 Å². The first-order valence-corrected chi connectivity index (χ1v) is 7.68. The molecule has 0 spiro atoms. The summed E-state index contributed by atoms with van der Waals surface area (Å²) in [4.78, 5) is 24.2. The second-order valence-corrected chi connectivity index (χ2v) is 5.75. The number of likely N-dealkylation sites (tertiary alicyclic amines) is 1. The first-order valence-electron chi connectivity index (χ1n) is 6.29. The van der Waals surface area contributed by atoms with Gasteiger partial charge in [-0.2, -0.15) is 11.8 Å². The summed E-state index contributed by atoms with van der Waals surface area (Å²) in [6.07, 6.45) is 3.79. The average molecular weight is 274 g/mol. The summed E-state index contributed by atoms with van der Waals surface area (Å²) < 4.78 is 0. The summed E-state index contributed by atoms with van der Waals surface area (Å²) in [5, 5.41) is 11.6. The predicted molar refractivity (Wildman–Crippen MR) is 72.9 cm³/mol. The van der Waals surface area contributed by atoms with E-state index in [9.17, 15) is 9.59 Å². The topological polar surface area (TPSA) is 69.6 Å². The van der Waals surface area contributed by atoms with Crippen LogP contribution < -0.4 is 5.32 Å². The Kier molecular flexibility index (Phi) is 6.32. The van der Waals surface area contributed by atoms with Crippen LogP contribution in [0.4, 0.5) is 4.79 Å². The van der Waals surface area contributed by atoms with Gasteiger partial charge in [-0.05, 0) is 31.9 Å². The molecule has 0 radical (unpaired) electrons. The third-order valence-corrected chi connectivity index (χ3v) is 3.96. The molecule has 104 valence electrons. The number of urea groups is 1. The van der Waals surface area contributed by atoms with E-state index in [0.29, 0.717) is 18.9 Å². The normalized spacial score (nSPS) is 20.8. The molecule has 2 unspecified atom stereocenters. The van der Waals surface area contributed by atoms with Crippen molar-refractivity contribution in [2.75, 3.05) is 25.1 Å². The van der Waals surface area contributed by atoms with Crippen LogP contribution in [0.15, 0.2) is 0 Å². The van der Waals surface area contributed by atoms with Crippen molar-refractivity contribution in [1.82, 2.24) is 10.2 Å². The van der Waals surface area contributed by atoms with Crippen LogP contribution in [0.1, 0.15) is 26.2 Å². The number of nitrogens with one attached hydrogen (secondary N) is 1. The van der Waals surface area contributed by atoms with Crippen molar-refractivity contribution in [2.45, 2.75) is 32.2 Å². The lowest BCUT2D eigenvalue weighted by atomic mass is 10.0. The largest absolute Gasteiger partial charge is 0.481 e. The number of aliphatic carboxylic acids is 1. The van der Waals surface area contributed by atoms with Gasteiger partial charge >= 0.3 is 12.0 Å². The Hall–Kier alpha value is -0.910. The molecule has 0 saturated carbocycles. The number of nitrogens with zero attached hydrogens (tertiary/aromatic N) is 1. The van der Waals surface area contributed by atoms with Crippen molar-refractivity contribution >= 4 is 23.8 Å². The Balaban J connectivity index is 2.28. The van der Waals surface area contributed by atoms with Gasteiger partial charge in [0.05, 0.1) is 0 Å². The highest BCUT2D eigenvalue weighted by molar-refractivity contribution is 7.98. The van der Waals surface area contributed by atoms with E-state index < -0.39 is 5.97 Å². The number of carboxylic acid groups (broad SMARTS) is 1. The fraction of sp³-hybridized carbons (Fsp3) is 0.833. The van der Waals surface area contributed by atoms with E-state index in [0.717, 1.165) is 18.7 Å². The lowest BCUT2D eigenvalue weighted by molar-refractivity contribution is -0.137. The van der Waals surface area contributed by atoms with Crippen LogP contribution in [0.2, 0.25) is 0 Å². The van der Waals surface area contributed by atoms with Gasteiger partial charge in [0, 0.05) is 31.3 Å². The molecule has 0 aliphatic carbocycles. The van der Waals surface area contributed by atoms with Gasteiger partial charge in [0.25, 0.3) is 0 Å². The van der Waals surface area contributed by atoms with Crippen LogP contribution in [0.25, 0.3) is 0 Å². The van der Waals surface area contributed by atoms with Crippen LogP contribution in [0.3, 0.4) is 0 Å². The molecule has 1 aliphatic rings. The second kappa shape index (κ2) is 7.51. The highest BCUT2D eigenvalue weighted by Crippen LogP contribution is 2.21. The smallest absolute Gasteiger partial charge is 0.317 e. The first kappa shape index (κ1) is 15.1. The van der Waals surface area contributed by atoms with Gasteiger partial charge in [-0.3, -0.25) is 4.79 Å². The monoisotopic (exact) mass is 274 g/mol. The van der Waals surface area contributed by atoms with Gasteiger partial charge in [-0.1, -0.05) is 0 Å². The first-order chi connectivity index (χ1) is 8.52. The molecule has 0 bridgehead atoms. The zero-order chi connectivity index (χ0) is 13.5. The van der Waals surface area contributed by atoms with Crippen molar-refractivity contribution in [3.63, 3.8) is 0 Å². The van der Waals surface area contributed by atoms with E-state index in [1.54, 1.807) is 16.7 Å². The van der Waals surface area contributed by atoms with E-state index in [2.05, 4.69) is 5.32 Å². The standard InChI is InChI=1S/C12H22N2O3S/c1-9(8-18-2)13-12(17)14-6-5-10(7-14)3-4-11(15)16/h9-10H,3-8H2,1-2H3,(H,13,17)(H,15,16). The predicted octanol–water partition coefficient (Wildman–Crippen LogP) is 1.63. The lowest BCUT2D eigenvalue weighted by Gasteiger charge is -2.20. The highest BCUT2D eigenvalue weighted by Gasteiger charge is 2.26. The molecule has 1 heterocycles. The number of carbonyl (C=O) groups is 2. The molecule has 18 heavy (non-hydrogen) atoms. The Morgan fingerprint density at radius 1 is 1.56 bits per heavy atom. The number of amides is 2. The molecular weight excluding hydrogens is 252 g/mol. The average Bonchev–Trinajstić information content (AvgIpc) is 2.75. The van der Waals surface area contributed by atoms with Crippen LogP contribution in [0.5, 0.6) is 0 Å². The minimum absolute atomic E-state index is 0.0191. The lowest BCUT2D eigenvalue weighted by Crippen LogP contribution is -2.43. The van der Waals surface area contributed by atoms with Crippen molar-refractivity contribution in [2.24, 2.45) is 5.92 Å². The molecule has 6 heteroatoms. The molecule has 5 nitrogen and oxygen atoms in total. The van der Waals surface area contributed by atoms with E-state index in [1.165, 1.54) is 0 Å². The Morgan fingerprint density at radius 2 is 2.28 bits per heavy atom. The maximum Gasteiger partial charge on any atom is 0.317 e. The van der Waals surface area contributed by atoms with Gasteiger partial charge < -0.3 is 15.3 Å². The quantitative estimate of drug-likeness (QED) is 0.772. The molecule has 1 saturated heterocycles. The highest BCUT2D eigenvalue weighted by atomic mass is 32.2. The van der Waals surface area contributed by atoms with E-state index in [-0.39, 0.29) is 18.5 Å². The van der Waals surface area contributed by atoms with Crippen molar-refractivity contribution in [1.29, 1.82) is 0 Å². The SMILES string of the molecule is CSCC(C)NC(=O)N1CCC(CCC(=O)O)C1. The third kappa shape index (κ3) is 5.16. The molecule has 0 aromatic heterocycles. The Labute approximate surface area is 112 Å². The van der Waals surface area contributed by atoms with Gasteiger partial charge in [0.2, 0.25) is 0 Å². The molecule has 0 aromatic rings.